The number of carbonyl (C=O) groups excluding carboxylic acids is 1. The average Bonchev–Trinajstić information content (AvgIpc) is 3.35. The average molecular weight is 439 g/mol. The second-order valence-electron chi connectivity index (χ2n) is 7.31. The van der Waals surface area contributed by atoms with Crippen molar-refractivity contribution in [2.24, 2.45) is 0 Å². The van der Waals surface area contributed by atoms with E-state index in [-0.39, 0.29) is 33.5 Å². The number of rotatable bonds is 4. The molecule has 10 heteroatoms. The Bertz CT molecular complexity index is 1160. The number of sulfone groups is 1. The number of amides is 1. The highest BCUT2D eigenvalue weighted by molar-refractivity contribution is 7.91. The summed E-state index contributed by atoms with van der Waals surface area (Å²) in [4.78, 5) is 12.9. The van der Waals surface area contributed by atoms with Crippen molar-refractivity contribution in [3.63, 3.8) is 0 Å². The molecule has 3 heterocycles. The summed E-state index contributed by atoms with van der Waals surface area (Å²) in [6.07, 6.45) is 1.87. The molecule has 0 saturated carbocycles. The van der Waals surface area contributed by atoms with Gasteiger partial charge in [-0.1, -0.05) is 18.2 Å². The van der Waals surface area contributed by atoms with Gasteiger partial charge in [0.05, 0.1) is 16.7 Å². The number of hydrogen-bond acceptors (Lipinski definition) is 6. The molecule has 4 rings (SSSR count). The zero-order chi connectivity index (χ0) is 20.8. The zero-order valence-electron chi connectivity index (χ0n) is 15.9. The Morgan fingerprint density at radius 3 is 2.62 bits per heavy atom. The highest BCUT2D eigenvalue weighted by Gasteiger charge is 2.34. The molecule has 1 N–H and O–H groups in total. The SMILES string of the molecule is Cc1oc(C(=O)NC2CCS(=O)(=O)c3ccccc32)cc1S(=O)(=O)N1CCCC1. The van der Waals surface area contributed by atoms with Crippen LogP contribution >= 0.6 is 0 Å². The molecule has 1 saturated heterocycles. The van der Waals surface area contributed by atoms with Crippen molar-refractivity contribution in [1.29, 1.82) is 0 Å². The number of furan rings is 1. The maximum atomic E-state index is 12.8. The number of benzene rings is 1. The third-order valence-corrected chi connectivity index (χ3v) is 9.21. The fraction of sp³-hybridized carbons (Fsp3) is 0.421. The van der Waals surface area contributed by atoms with Crippen LogP contribution in [0.2, 0.25) is 0 Å². The van der Waals surface area contributed by atoms with Crippen molar-refractivity contribution in [3.05, 3.63) is 47.4 Å². The Kier molecular flexibility index (Phi) is 5.04. The maximum absolute atomic E-state index is 12.8. The smallest absolute Gasteiger partial charge is 0.287 e. The minimum Gasteiger partial charge on any atom is -0.455 e. The molecule has 1 amide bonds. The van der Waals surface area contributed by atoms with Crippen LogP contribution in [0.3, 0.4) is 0 Å². The molecule has 2 aliphatic rings. The van der Waals surface area contributed by atoms with Gasteiger partial charge in [0, 0.05) is 19.2 Å². The fourth-order valence-corrected chi connectivity index (χ4v) is 7.17. The molecule has 0 radical (unpaired) electrons. The van der Waals surface area contributed by atoms with E-state index in [1.165, 1.54) is 23.4 Å². The Labute approximate surface area is 169 Å². The summed E-state index contributed by atoms with van der Waals surface area (Å²) in [7, 11) is -7.07. The monoisotopic (exact) mass is 438 g/mol. The minimum absolute atomic E-state index is 0.00354. The molecular weight excluding hydrogens is 416 g/mol. The molecule has 8 nitrogen and oxygen atoms in total. The van der Waals surface area contributed by atoms with Crippen LogP contribution in [0.25, 0.3) is 0 Å². The molecule has 1 atom stereocenters. The van der Waals surface area contributed by atoms with Gasteiger partial charge in [-0.2, -0.15) is 4.31 Å². The summed E-state index contributed by atoms with van der Waals surface area (Å²) in [5.41, 5.74) is 0.528. The van der Waals surface area contributed by atoms with Crippen LogP contribution in [0.1, 0.15) is 47.2 Å². The Morgan fingerprint density at radius 1 is 1.21 bits per heavy atom. The van der Waals surface area contributed by atoms with Crippen LogP contribution in [0.5, 0.6) is 0 Å². The number of nitrogens with zero attached hydrogens (tertiary/aromatic N) is 1. The third-order valence-electron chi connectivity index (χ3n) is 5.39. The van der Waals surface area contributed by atoms with E-state index in [0.717, 1.165) is 12.8 Å². The predicted molar refractivity (Wildman–Crippen MR) is 105 cm³/mol. The molecule has 2 aromatic rings. The second-order valence-corrected chi connectivity index (χ2v) is 11.3. The van der Waals surface area contributed by atoms with Gasteiger partial charge < -0.3 is 9.73 Å². The van der Waals surface area contributed by atoms with Crippen LogP contribution < -0.4 is 5.32 Å². The van der Waals surface area contributed by atoms with E-state index in [4.69, 9.17) is 4.42 Å². The van der Waals surface area contributed by atoms with Crippen molar-refractivity contribution in [2.75, 3.05) is 18.8 Å². The van der Waals surface area contributed by atoms with E-state index < -0.39 is 31.8 Å². The predicted octanol–water partition coefficient (Wildman–Crippen LogP) is 2.02. The van der Waals surface area contributed by atoms with Crippen molar-refractivity contribution in [1.82, 2.24) is 9.62 Å². The number of sulfonamides is 1. The second kappa shape index (κ2) is 7.26. The van der Waals surface area contributed by atoms with Gasteiger partial charge in [0.25, 0.3) is 5.91 Å². The number of hydrogen-bond donors (Lipinski definition) is 1. The highest BCUT2D eigenvalue weighted by atomic mass is 32.2. The van der Waals surface area contributed by atoms with Crippen LogP contribution in [0.15, 0.2) is 44.5 Å². The molecule has 1 aromatic carbocycles. The van der Waals surface area contributed by atoms with Gasteiger partial charge >= 0.3 is 0 Å². The molecule has 29 heavy (non-hydrogen) atoms. The van der Waals surface area contributed by atoms with Gasteiger partial charge in [0.15, 0.2) is 15.6 Å². The van der Waals surface area contributed by atoms with Crippen LogP contribution in [-0.2, 0) is 19.9 Å². The summed E-state index contributed by atoms with van der Waals surface area (Å²) in [6.45, 7) is 2.44. The Morgan fingerprint density at radius 2 is 1.90 bits per heavy atom. The summed E-state index contributed by atoms with van der Waals surface area (Å²) in [5.74, 6) is -0.587. The molecule has 1 unspecified atom stereocenters. The lowest BCUT2D eigenvalue weighted by molar-refractivity contribution is 0.0905. The van der Waals surface area contributed by atoms with Gasteiger partial charge in [-0.3, -0.25) is 4.79 Å². The van der Waals surface area contributed by atoms with E-state index in [0.29, 0.717) is 18.7 Å². The Balaban J connectivity index is 1.59. The van der Waals surface area contributed by atoms with Crippen molar-refractivity contribution >= 4 is 25.8 Å². The first-order valence-electron chi connectivity index (χ1n) is 9.43. The zero-order valence-corrected chi connectivity index (χ0v) is 17.6. The number of carbonyl (C=O) groups is 1. The largest absolute Gasteiger partial charge is 0.455 e. The molecule has 0 bridgehead atoms. The van der Waals surface area contributed by atoms with Crippen molar-refractivity contribution < 1.29 is 26.0 Å². The molecule has 0 spiro atoms. The van der Waals surface area contributed by atoms with Gasteiger partial charge in [-0.15, -0.1) is 0 Å². The lowest BCUT2D eigenvalue weighted by Crippen LogP contribution is -2.33. The standard InChI is InChI=1S/C19H22N2O6S2/c1-13-18(29(25,26)21-9-4-5-10-21)12-16(27-13)19(22)20-15-8-11-28(23,24)17-7-3-2-6-14(15)17/h2-3,6-7,12,15H,4-5,8-11H2,1H3,(H,20,22). The quantitative estimate of drug-likeness (QED) is 0.781. The summed E-state index contributed by atoms with van der Waals surface area (Å²) >= 11 is 0. The van der Waals surface area contributed by atoms with E-state index in [2.05, 4.69) is 5.32 Å². The van der Waals surface area contributed by atoms with E-state index >= 15 is 0 Å². The van der Waals surface area contributed by atoms with E-state index in [1.54, 1.807) is 18.2 Å². The van der Waals surface area contributed by atoms with Gasteiger partial charge in [0.2, 0.25) is 10.0 Å². The van der Waals surface area contributed by atoms with E-state index in [9.17, 15) is 21.6 Å². The maximum Gasteiger partial charge on any atom is 0.287 e. The number of nitrogens with one attached hydrogen (secondary N) is 1. The molecule has 1 aromatic heterocycles. The fourth-order valence-electron chi connectivity index (χ4n) is 3.87. The highest BCUT2D eigenvalue weighted by Crippen LogP contribution is 2.32. The number of aryl methyl sites for hydroxylation is 1. The molecule has 2 aliphatic heterocycles. The molecule has 156 valence electrons. The third kappa shape index (κ3) is 3.60. The van der Waals surface area contributed by atoms with Crippen molar-refractivity contribution in [3.8, 4) is 0 Å². The summed E-state index contributed by atoms with van der Waals surface area (Å²) in [6, 6.07) is 7.33. The normalized spacial score (nSPS) is 21.6. The lowest BCUT2D eigenvalue weighted by Gasteiger charge is -2.25. The first-order chi connectivity index (χ1) is 13.7. The van der Waals surface area contributed by atoms with Crippen LogP contribution in [-0.4, -0.2) is 45.9 Å². The van der Waals surface area contributed by atoms with Gasteiger partial charge in [-0.25, -0.2) is 16.8 Å². The summed E-state index contributed by atoms with van der Waals surface area (Å²) in [5, 5.41) is 2.79. The van der Waals surface area contributed by atoms with E-state index in [1.807, 2.05) is 0 Å². The number of fused-ring (bicyclic) bond motifs is 1. The lowest BCUT2D eigenvalue weighted by atomic mass is 10.0. The van der Waals surface area contributed by atoms with Crippen molar-refractivity contribution in [2.45, 2.75) is 42.0 Å². The Hall–Kier alpha value is -2.17. The molecule has 1 fully saturated rings. The summed E-state index contributed by atoms with van der Waals surface area (Å²) < 4.78 is 56.9. The molecule has 0 aliphatic carbocycles. The first kappa shape index (κ1) is 20.1. The molecular formula is C19H22N2O6S2. The van der Waals surface area contributed by atoms with Gasteiger partial charge in [0.1, 0.15) is 10.7 Å². The topological polar surface area (TPSA) is 114 Å². The van der Waals surface area contributed by atoms with Gasteiger partial charge in [-0.05, 0) is 37.8 Å². The van der Waals surface area contributed by atoms with Crippen LogP contribution in [0, 0.1) is 6.92 Å². The van der Waals surface area contributed by atoms with Crippen LogP contribution in [0.4, 0.5) is 0 Å². The minimum atomic E-state index is -3.70. The first-order valence-corrected chi connectivity index (χ1v) is 12.5.